The third-order valence-corrected chi connectivity index (χ3v) is 3.37. The van der Waals surface area contributed by atoms with E-state index in [4.69, 9.17) is 5.73 Å². The maximum Gasteiger partial charge on any atom is 0.275 e. The number of hydrogen-bond donors (Lipinski definition) is 4. The van der Waals surface area contributed by atoms with Crippen LogP contribution in [0.3, 0.4) is 0 Å². The lowest BCUT2D eigenvalue weighted by molar-refractivity contribution is -0.115. The molecule has 2 rings (SSSR count). The van der Waals surface area contributed by atoms with Crippen LogP contribution in [-0.4, -0.2) is 28.5 Å². The second-order valence-electron chi connectivity index (χ2n) is 5.47. The molecule has 0 spiro atoms. The molecule has 3 amide bonds. The summed E-state index contributed by atoms with van der Waals surface area (Å²) in [4.78, 5) is 34.9. The highest BCUT2D eigenvalue weighted by Gasteiger charge is 2.10. The molecule has 8 heteroatoms. The molecule has 0 bridgehead atoms. The Morgan fingerprint density at radius 2 is 1.73 bits per heavy atom. The first-order chi connectivity index (χ1) is 12.4. The minimum atomic E-state index is -0.579. The van der Waals surface area contributed by atoms with Crippen molar-refractivity contribution in [2.24, 2.45) is 10.8 Å². The molecule has 2 aromatic rings. The number of phenolic OH excluding ortho intramolecular Hbond substituents is 1. The van der Waals surface area contributed by atoms with Crippen LogP contribution in [0.15, 0.2) is 53.6 Å². The van der Waals surface area contributed by atoms with Gasteiger partial charge in [-0.2, -0.15) is 5.10 Å². The molecule has 0 aromatic heterocycles. The van der Waals surface area contributed by atoms with Gasteiger partial charge in [0.25, 0.3) is 5.91 Å². The number of amides is 3. The van der Waals surface area contributed by atoms with E-state index >= 15 is 0 Å². The second kappa shape index (κ2) is 8.43. The molecule has 0 aliphatic carbocycles. The topological polar surface area (TPSA) is 134 Å². The number of hydrazone groups is 1. The highest BCUT2D eigenvalue weighted by atomic mass is 16.3. The SMILES string of the molecule is C/C(CC(=O)Nc1ccc(C(N)=O)cc1)=N\NC(=O)c1ccccc1O. The van der Waals surface area contributed by atoms with E-state index in [1.807, 2.05) is 0 Å². The van der Waals surface area contributed by atoms with Gasteiger partial charge >= 0.3 is 0 Å². The fourth-order valence-electron chi connectivity index (χ4n) is 2.07. The molecule has 0 aliphatic heterocycles. The average molecular weight is 354 g/mol. The molecule has 0 unspecified atom stereocenters. The molecule has 26 heavy (non-hydrogen) atoms. The Kier molecular flexibility index (Phi) is 6.05. The van der Waals surface area contributed by atoms with E-state index in [2.05, 4.69) is 15.8 Å². The first-order valence-electron chi connectivity index (χ1n) is 7.68. The number of hydrogen-bond acceptors (Lipinski definition) is 5. The highest BCUT2D eigenvalue weighted by molar-refractivity contribution is 6.06. The minimum Gasteiger partial charge on any atom is -0.507 e. The molecular formula is C18H18N4O4. The van der Waals surface area contributed by atoms with Gasteiger partial charge in [-0.15, -0.1) is 0 Å². The molecule has 134 valence electrons. The Labute approximate surface area is 149 Å². The fourth-order valence-corrected chi connectivity index (χ4v) is 2.07. The van der Waals surface area contributed by atoms with Crippen molar-refractivity contribution in [1.29, 1.82) is 0 Å². The van der Waals surface area contributed by atoms with E-state index in [0.717, 1.165) is 0 Å². The van der Waals surface area contributed by atoms with Crippen molar-refractivity contribution in [2.75, 3.05) is 5.32 Å². The Balaban J connectivity index is 1.89. The molecule has 0 fully saturated rings. The van der Waals surface area contributed by atoms with E-state index in [-0.39, 0.29) is 23.6 Å². The van der Waals surface area contributed by atoms with Gasteiger partial charge in [-0.3, -0.25) is 14.4 Å². The zero-order valence-corrected chi connectivity index (χ0v) is 14.0. The summed E-state index contributed by atoms with van der Waals surface area (Å²) in [5.74, 6) is -1.62. The number of carbonyl (C=O) groups is 3. The van der Waals surface area contributed by atoms with E-state index in [1.54, 1.807) is 31.2 Å². The number of aromatic hydroxyl groups is 1. The summed E-state index contributed by atoms with van der Waals surface area (Å²) < 4.78 is 0. The summed E-state index contributed by atoms with van der Waals surface area (Å²) in [5, 5.41) is 16.1. The van der Waals surface area contributed by atoms with Crippen molar-refractivity contribution in [3.63, 3.8) is 0 Å². The molecular weight excluding hydrogens is 336 g/mol. The van der Waals surface area contributed by atoms with Crippen LogP contribution in [0, 0.1) is 0 Å². The summed E-state index contributed by atoms with van der Waals surface area (Å²) in [7, 11) is 0. The van der Waals surface area contributed by atoms with Crippen molar-refractivity contribution < 1.29 is 19.5 Å². The first-order valence-corrected chi connectivity index (χ1v) is 7.68. The Morgan fingerprint density at radius 1 is 1.08 bits per heavy atom. The maximum absolute atomic E-state index is 12.0. The monoisotopic (exact) mass is 354 g/mol. The summed E-state index contributed by atoms with van der Waals surface area (Å²) in [6, 6.07) is 12.2. The lowest BCUT2D eigenvalue weighted by atomic mass is 10.2. The number of anilines is 1. The predicted octanol–water partition coefficient (Wildman–Crippen LogP) is 1.63. The van der Waals surface area contributed by atoms with E-state index in [1.165, 1.54) is 24.3 Å². The van der Waals surface area contributed by atoms with Gasteiger partial charge in [-0.25, -0.2) is 5.43 Å². The van der Waals surface area contributed by atoms with Gasteiger partial charge in [0, 0.05) is 17.0 Å². The van der Waals surface area contributed by atoms with Crippen LogP contribution in [0.1, 0.15) is 34.1 Å². The molecule has 0 radical (unpaired) electrons. The Bertz CT molecular complexity index is 860. The number of nitrogens with one attached hydrogen (secondary N) is 2. The van der Waals surface area contributed by atoms with Gasteiger partial charge in [0.05, 0.1) is 12.0 Å². The van der Waals surface area contributed by atoms with Crippen molar-refractivity contribution in [3.8, 4) is 5.75 Å². The third kappa shape index (κ3) is 5.17. The number of benzene rings is 2. The standard InChI is InChI=1S/C18H18N4O4/c1-11(21-22-18(26)14-4-2-3-5-15(14)23)10-16(24)20-13-8-6-12(7-9-13)17(19)25/h2-9,23H,10H2,1H3,(H2,19,25)(H,20,24)(H,22,26)/b21-11+. The van der Waals surface area contributed by atoms with E-state index in [9.17, 15) is 19.5 Å². The van der Waals surface area contributed by atoms with Crippen molar-refractivity contribution in [1.82, 2.24) is 5.43 Å². The molecule has 2 aromatic carbocycles. The van der Waals surface area contributed by atoms with Crippen molar-refractivity contribution >= 4 is 29.1 Å². The number of rotatable bonds is 6. The zero-order valence-electron chi connectivity index (χ0n) is 14.0. The molecule has 0 saturated carbocycles. The molecule has 0 heterocycles. The molecule has 0 saturated heterocycles. The van der Waals surface area contributed by atoms with Gasteiger partial charge in [0.15, 0.2) is 0 Å². The number of nitrogens with zero attached hydrogens (tertiary/aromatic N) is 1. The summed E-state index contributed by atoms with van der Waals surface area (Å²) in [6.07, 6.45) is -0.0430. The van der Waals surface area contributed by atoms with Crippen LogP contribution in [0.25, 0.3) is 0 Å². The van der Waals surface area contributed by atoms with Gasteiger partial charge < -0.3 is 16.2 Å². The third-order valence-electron chi connectivity index (χ3n) is 3.37. The lowest BCUT2D eigenvalue weighted by Gasteiger charge is -2.06. The highest BCUT2D eigenvalue weighted by Crippen LogP contribution is 2.15. The summed E-state index contributed by atoms with van der Waals surface area (Å²) >= 11 is 0. The average Bonchev–Trinajstić information content (AvgIpc) is 2.60. The van der Waals surface area contributed by atoms with Crippen molar-refractivity contribution in [2.45, 2.75) is 13.3 Å². The van der Waals surface area contributed by atoms with E-state index < -0.39 is 11.8 Å². The molecule has 0 aliphatic rings. The van der Waals surface area contributed by atoms with Gasteiger partial charge in [-0.05, 0) is 43.3 Å². The first kappa shape index (κ1) is 18.7. The van der Waals surface area contributed by atoms with Gasteiger partial charge in [-0.1, -0.05) is 12.1 Å². The normalized spacial score (nSPS) is 10.9. The zero-order chi connectivity index (χ0) is 19.1. The Morgan fingerprint density at radius 3 is 2.35 bits per heavy atom. The number of phenols is 1. The van der Waals surface area contributed by atoms with Crippen LogP contribution >= 0.6 is 0 Å². The van der Waals surface area contributed by atoms with Crippen LogP contribution in [0.2, 0.25) is 0 Å². The molecule has 8 nitrogen and oxygen atoms in total. The maximum atomic E-state index is 12.0. The van der Waals surface area contributed by atoms with Crippen LogP contribution in [-0.2, 0) is 4.79 Å². The van der Waals surface area contributed by atoms with Crippen LogP contribution in [0.4, 0.5) is 5.69 Å². The number of nitrogens with two attached hydrogens (primary N) is 1. The lowest BCUT2D eigenvalue weighted by Crippen LogP contribution is -2.21. The minimum absolute atomic E-state index is 0.0430. The number of primary amides is 1. The van der Waals surface area contributed by atoms with Gasteiger partial charge in [0.1, 0.15) is 5.75 Å². The number of carbonyl (C=O) groups excluding carboxylic acids is 3. The summed E-state index contributed by atoms with van der Waals surface area (Å²) in [6.45, 7) is 1.58. The predicted molar refractivity (Wildman–Crippen MR) is 96.9 cm³/mol. The van der Waals surface area contributed by atoms with E-state index in [0.29, 0.717) is 17.0 Å². The summed E-state index contributed by atoms with van der Waals surface area (Å²) in [5.41, 5.74) is 8.74. The largest absolute Gasteiger partial charge is 0.507 e. The molecule has 5 N–H and O–H groups in total. The Hall–Kier alpha value is -3.68. The van der Waals surface area contributed by atoms with Crippen molar-refractivity contribution in [3.05, 3.63) is 59.7 Å². The quantitative estimate of drug-likeness (QED) is 0.463. The molecule has 0 atom stereocenters. The number of para-hydroxylation sites is 1. The van der Waals surface area contributed by atoms with Gasteiger partial charge in [0.2, 0.25) is 11.8 Å². The van der Waals surface area contributed by atoms with Crippen LogP contribution in [0.5, 0.6) is 5.75 Å². The fraction of sp³-hybridized carbons (Fsp3) is 0.111. The smallest absolute Gasteiger partial charge is 0.275 e. The second-order valence-corrected chi connectivity index (χ2v) is 5.47. The van der Waals surface area contributed by atoms with Crippen LogP contribution < -0.4 is 16.5 Å².